The zero-order valence-corrected chi connectivity index (χ0v) is 19.1. The van der Waals surface area contributed by atoms with Gasteiger partial charge in [-0.3, -0.25) is 4.79 Å². The van der Waals surface area contributed by atoms with Gasteiger partial charge < -0.3 is 4.74 Å². The van der Waals surface area contributed by atoms with E-state index in [1.165, 1.54) is 17.6 Å². The molecule has 0 bridgehead atoms. The summed E-state index contributed by atoms with van der Waals surface area (Å²) in [7, 11) is 0. The number of hydrazone groups is 1. The zero-order chi connectivity index (χ0) is 23.5. The largest absolute Gasteiger partial charge is 0.422 e. The van der Waals surface area contributed by atoms with Crippen LogP contribution < -0.4 is 10.2 Å². The average Bonchev–Trinajstić information content (AvgIpc) is 3.20. The molecule has 1 N–H and O–H groups in total. The lowest BCUT2D eigenvalue weighted by Gasteiger charge is -2.04. The number of nitrogens with one attached hydrogen (secondary N) is 1. The highest BCUT2D eigenvalue weighted by atomic mass is 35.5. The van der Waals surface area contributed by atoms with Crippen LogP contribution in [0.1, 0.15) is 25.7 Å². The smallest absolute Gasteiger partial charge is 0.355 e. The monoisotopic (exact) mass is 485 g/mol. The first kappa shape index (κ1) is 21.8. The van der Waals surface area contributed by atoms with Crippen LogP contribution in [0.15, 0.2) is 90.0 Å². The van der Waals surface area contributed by atoms with Crippen LogP contribution in [0.5, 0.6) is 5.75 Å². The minimum Gasteiger partial charge on any atom is -0.422 e. The quantitative estimate of drug-likeness (QED) is 0.141. The molecule has 2 heterocycles. The lowest BCUT2D eigenvalue weighted by atomic mass is 10.2. The number of hydrogen-bond acceptors (Lipinski definition) is 6. The van der Waals surface area contributed by atoms with E-state index < -0.39 is 11.9 Å². The summed E-state index contributed by atoms with van der Waals surface area (Å²) in [6, 6.07) is 25.4. The van der Waals surface area contributed by atoms with Gasteiger partial charge in [-0.05, 0) is 35.9 Å². The van der Waals surface area contributed by atoms with Gasteiger partial charge in [0.2, 0.25) is 0 Å². The van der Waals surface area contributed by atoms with Gasteiger partial charge >= 0.3 is 5.97 Å². The number of carbonyl (C=O) groups is 2. The number of ether oxygens (including phenoxy) is 1. The first-order chi connectivity index (χ1) is 16.6. The maximum atomic E-state index is 12.7. The Kier molecular flexibility index (Phi) is 6.03. The molecule has 5 aromatic rings. The standard InChI is InChI=1S/C26H16ClN3O3S/c27-23-19-9-2-4-11-22(19)34-24(23)26(32)33-18-8-5-6-16(14-18)15-28-30-25(31)21-13-12-17-7-1-3-10-20(17)29-21/h1-15H,(H,30,31)/b28-15-. The van der Waals surface area contributed by atoms with Crippen molar-refractivity contribution < 1.29 is 14.3 Å². The van der Waals surface area contributed by atoms with E-state index in [9.17, 15) is 9.59 Å². The third-order valence-corrected chi connectivity index (χ3v) is 6.66. The first-order valence-electron chi connectivity index (χ1n) is 10.3. The number of esters is 1. The number of halogens is 1. The Morgan fingerprint density at radius 3 is 2.68 bits per heavy atom. The molecule has 34 heavy (non-hydrogen) atoms. The van der Waals surface area contributed by atoms with E-state index >= 15 is 0 Å². The number of amides is 1. The molecular formula is C26H16ClN3O3S. The van der Waals surface area contributed by atoms with E-state index in [1.807, 2.05) is 54.6 Å². The van der Waals surface area contributed by atoms with E-state index in [0.29, 0.717) is 21.2 Å². The van der Waals surface area contributed by atoms with Crippen molar-refractivity contribution in [3.8, 4) is 5.75 Å². The van der Waals surface area contributed by atoms with Gasteiger partial charge in [0, 0.05) is 15.5 Å². The maximum absolute atomic E-state index is 12.7. The molecule has 0 saturated heterocycles. The second-order valence-electron chi connectivity index (χ2n) is 7.29. The lowest BCUT2D eigenvalue weighted by Crippen LogP contribution is -2.18. The average molecular weight is 486 g/mol. The van der Waals surface area contributed by atoms with Crippen molar-refractivity contribution in [3.05, 3.63) is 106 Å². The van der Waals surface area contributed by atoms with E-state index in [0.717, 1.165) is 21.0 Å². The molecule has 0 fully saturated rings. The Hall–Kier alpha value is -4.07. The molecule has 5 rings (SSSR count). The molecule has 166 valence electrons. The minimum absolute atomic E-state index is 0.263. The van der Waals surface area contributed by atoms with Crippen molar-refractivity contribution >= 4 is 62.0 Å². The van der Waals surface area contributed by atoms with Crippen molar-refractivity contribution in [2.24, 2.45) is 5.10 Å². The maximum Gasteiger partial charge on any atom is 0.355 e. The second-order valence-corrected chi connectivity index (χ2v) is 8.72. The molecule has 3 aromatic carbocycles. The minimum atomic E-state index is -0.532. The first-order valence-corrected chi connectivity index (χ1v) is 11.5. The fraction of sp³-hybridized carbons (Fsp3) is 0. The van der Waals surface area contributed by atoms with Crippen molar-refractivity contribution in [3.63, 3.8) is 0 Å². The highest BCUT2D eigenvalue weighted by molar-refractivity contribution is 7.21. The van der Waals surface area contributed by atoms with Crippen LogP contribution in [-0.4, -0.2) is 23.1 Å². The van der Waals surface area contributed by atoms with E-state index in [2.05, 4.69) is 15.5 Å². The van der Waals surface area contributed by atoms with E-state index in [-0.39, 0.29) is 5.69 Å². The summed E-state index contributed by atoms with van der Waals surface area (Å²) in [5, 5.41) is 6.15. The van der Waals surface area contributed by atoms with Crippen LogP contribution in [-0.2, 0) is 0 Å². The Balaban J connectivity index is 1.26. The fourth-order valence-electron chi connectivity index (χ4n) is 3.37. The molecule has 1 amide bonds. The number of para-hydroxylation sites is 1. The van der Waals surface area contributed by atoms with Crippen LogP contribution >= 0.6 is 22.9 Å². The van der Waals surface area contributed by atoms with Gasteiger partial charge in [-0.25, -0.2) is 15.2 Å². The van der Waals surface area contributed by atoms with Crippen LogP contribution in [0, 0.1) is 0 Å². The van der Waals surface area contributed by atoms with Gasteiger partial charge in [-0.15, -0.1) is 11.3 Å². The third-order valence-electron chi connectivity index (χ3n) is 5.00. The molecule has 8 heteroatoms. The Morgan fingerprint density at radius 1 is 0.971 bits per heavy atom. The molecule has 0 aliphatic carbocycles. The summed E-state index contributed by atoms with van der Waals surface area (Å²) in [6.07, 6.45) is 1.46. The summed E-state index contributed by atoms with van der Waals surface area (Å²) in [4.78, 5) is 29.8. The predicted octanol–water partition coefficient (Wildman–Crippen LogP) is 6.09. The Bertz CT molecular complexity index is 1580. The Morgan fingerprint density at radius 2 is 1.79 bits per heavy atom. The highest BCUT2D eigenvalue weighted by Crippen LogP contribution is 2.35. The van der Waals surface area contributed by atoms with Gasteiger partial charge in [-0.2, -0.15) is 5.10 Å². The number of aromatic nitrogens is 1. The number of pyridine rings is 1. The SMILES string of the molecule is O=C(N/N=C\c1cccc(OC(=O)c2sc3ccccc3c2Cl)c1)c1ccc2ccccc2n1. The van der Waals surface area contributed by atoms with Gasteiger partial charge in [0.05, 0.1) is 16.8 Å². The number of carbonyl (C=O) groups excluding carboxylic acids is 2. The molecule has 0 aliphatic heterocycles. The van der Waals surface area contributed by atoms with Gasteiger partial charge in [-0.1, -0.05) is 66.2 Å². The zero-order valence-electron chi connectivity index (χ0n) is 17.6. The third kappa shape index (κ3) is 4.52. The normalized spacial score (nSPS) is 11.2. The van der Waals surface area contributed by atoms with E-state index in [1.54, 1.807) is 30.3 Å². The number of nitrogens with zero attached hydrogens (tertiary/aromatic N) is 2. The summed E-state index contributed by atoms with van der Waals surface area (Å²) in [5.41, 5.74) is 4.10. The fourth-order valence-corrected chi connectivity index (χ4v) is 4.76. The van der Waals surface area contributed by atoms with Crippen molar-refractivity contribution in [1.82, 2.24) is 10.4 Å². The van der Waals surface area contributed by atoms with Crippen molar-refractivity contribution in [2.45, 2.75) is 0 Å². The number of thiophene rings is 1. The second kappa shape index (κ2) is 9.43. The molecule has 2 aromatic heterocycles. The Labute approximate surface area is 203 Å². The number of rotatable bonds is 5. The van der Waals surface area contributed by atoms with Gasteiger partial charge in [0.15, 0.2) is 0 Å². The summed E-state index contributed by atoms with van der Waals surface area (Å²) < 4.78 is 6.43. The van der Waals surface area contributed by atoms with Crippen LogP contribution in [0.4, 0.5) is 0 Å². The number of hydrogen-bond donors (Lipinski definition) is 1. The lowest BCUT2D eigenvalue weighted by molar-refractivity contribution is 0.0740. The molecule has 0 radical (unpaired) electrons. The molecule has 0 unspecified atom stereocenters. The molecular weight excluding hydrogens is 470 g/mol. The van der Waals surface area contributed by atoms with Crippen LogP contribution in [0.2, 0.25) is 5.02 Å². The highest BCUT2D eigenvalue weighted by Gasteiger charge is 2.19. The summed E-state index contributed by atoms with van der Waals surface area (Å²) >= 11 is 7.66. The summed E-state index contributed by atoms with van der Waals surface area (Å²) in [6.45, 7) is 0. The topological polar surface area (TPSA) is 80.6 Å². The summed E-state index contributed by atoms with van der Waals surface area (Å²) in [5.74, 6) is -0.620. The van der Waals surface area contributed by atoms with Crippen molar-refractivity contribution in [2.75, 3.05) is 0 Å². The van der Waals surface area contributed by atoms with Crippen molar-refractivity contribution in [1.29, 1.82) is 0 Å². The predicted molar refractivity (Wildman–Crippen MR) is 135 cm³/mol. The van der Waals surface area contributed by atoms with Crippen LogP contribution in [0.3, 0.4) is 0 Å². The molecule has 0 saturated carbocycles. The van der Waals surface area contributed by atoms with E-state index in [4.69, 9.17) is 16.3 Å². The molecule has 0 atom stereocenters. The van der Waals surface area contributed by atoms with Gasteiger partial charge in [0.1, 0.15) is 16.3 Å². The number of benzene rings is 3. The van der Waals surface area contributed by atoms with Crippen LogP contribution in [0.25, 0.3) is 21.0 Å². The van der Waals surface area contributed by atoms with Gasteiger partial charge in [0.25, 0.3) is 5.91 Å². The molecule has 0 spiro atoms. The number of fused-ring (bicyclic) bond motifs is 2. The molecule has 0 aliphatic rings. The molecule has 6 nitrogen and oxygen atoms in total.